The Morgan fingerprint density at radius 3 is 2.87 bits per heavy atom. The number of carbonyl (C=O) groups is 1. The highest BCUT2D eigenvalue weighted by Crippen LogP contribution is 1.98. The Morgan fingerprint density at radius 1 is 1.60 bits per heavy atom. The fourth-order valence-electron chi connectivity index (χ4n) is 1.12. The van der Waals surface area contributed by atoms with Crippen molar-refractivity contribution in [2.24, 2.45) is 0 Å². The van der Waals surface area contributed by atoms with Crippen LogP contribution in [0.5, 0.6) is 0 Å². The first kappa shape index (κ1) is 11.8. The molecule has 1 amide bonds. The summed E-state index contributed by atoms with van der Waals surface area (Å²) in [5.74, 6) is 0.937. The Balaban J connectivity index is 2.23. The van der Waals surface area contributed by atoms with Crippen molar-refractivity contribution in [2.45, 2.75) is 26.4 Å². The van der Waals surface area contributed by atoms with Crippen LogP contribution in [0.25, 0.3) is 0 Å². The van der Waals surface area contributed by atoms with Gasteiger partial charge in [0, 0.05) is 13.1 Å². The van der Waals surface area contributed by atoms with E-state index in [4.69, 9.17) is 4.42 Å². The predicted molar refractivity (Wildman–Crippen MR) is 58.3 cm³/mol. The van der Waals surface area contributed by atoms with Crippen LogP contribution < -0.4 is 5.32 Å². The lowest BCUT2D eigenvalue weighted by molar-refractivity contribution is -0.130. The molecule has 0 fully saturated rings. The molecule has 1 heterocycles. The van der Waals surface area contributed by atoms with Gasteiger partial charge in [-0.25, -0.2) is 0 Å². The van der Waals surface area contributed by atoms with Gasteiger partial charge in [-0.15, -0.1) is 0 Å². The lowest BCUT2D eigenvalue weighted by Crippen LogP contribution is -2.39. The molecule has 15 heavy (non-hydrogen) atoms. The van der Waals surface area contributed by atoms with Gasteiger partial charge in [0.15, 0.2) is 0 Å². The van der Waals surface area contributed by atoms with Crippen LogP contribution in [0.3, 0.4) is 0 Å². The van der Waals surface area contributed by atoms with Crippen molar-refractivity contribution in [2.75, 3.05) is 13.6 Å². The van der Waals surface area contributed by atoms with E-state index in [1.807, 2.05) is 33.0 Å². The van der Waals surface area contributed by atoms with E-state index in [1.54, 1.807) is 11.2 Å². The Morgan fingerprint density at radius 2 is 2.33 bits per heavy atom. The number of rotatable bonds is 5. The zero-order valence-corrected chi connectivity index (χ0v) is 9.49. The first-order valence-electron chi connectivity index (χ1n) is 5.10. The lowest BCUT2D eigenvalue weighted by Gasteiger charge is -2.21. The highest BCUT2D eigenvalue weighted by molar-refractivity contribution is 5.78. The van der Waals surface area contributed by atoms with Crippen molar-refractivity contribution in [1.82, 2.24) is 10.2 Å². The molecule has 0 aliphatic heterocycles. The van der Waals surface area contributed by atoms with Gasteiger partial charge < -0.3 is 14.6 Å². The SMILES string of the molecule is CC(C)N(C)C(=O)CNCc1ccco1. The van der Waals surface area contributed by atoms with Crippen molar-refractivity contribution < 1.29 is 9.21 Å². The fraction of sp³-hybridized carbons (Fsp3) is 0.545. The van der Waals surface area contributed by atoms with E-state index in [-0.39, 0.29) is 11.9 Å². The van der Waals surface area contributed by atoms with Gasteiger partial charge in [-0.3, -0.25) is 4.79 Å². The van der Waals surface area contributed by atoms with Crippen molar-refractivity contribution in [3.8, 4) is 0 Å². The van der Waals surface area contributed by atoms with Crippen LogP contribution in [-0.4, -0.2) is 30.4 Å². The van der Waals surface area contributed by atoms with Crippen LogP contribution in [0.1, 0.15) is 19.6 Å². The van der Waals surface area contributed by atoms with Gasteiger partial charge in [-0.1, -0.05) is 0 Å². The molecule has 0 saturated carbocycles. The quantitative estimate of drug-likeness (QED) is 0.795. The third kappa shape index (κ3) is 3.75. The van der Waals surface area contributed by atoms with Crippen LogP contribution in [0.15, 0.2) is 22.8 Å². The molecule has 1 N–H and O–H groups in total. The second-order valence-electron chi connectivity index (χ2n) is 3.78. The molecule has 1 rings (SSSR count). The Kier molecular flexibility index (Phi) is 4.37. The summed E-state index contributed by atoms with van der Waals surface area (Å²) in [5.41, 5.74) is 0. The summed E-state index contributed by atoms with van der Waals surface area (Å²) in [6.45, 7) is 4.91. The molecule has 0 saturated heterocycles. The third-order valence-electron chi connectivity index (χ3n) is 2.32. The smallest absolute Gasteiger partial charge is 0.236 e. The van der Waals surface area contributed by atoms with Gasteiger partial charge in [0.25, 0.3) is 0 Å². The topological polar surface area (TPSA) is 45.5 Å². The predicted octanol–water partition coefficient (Wildman–Crippen LogP) is 1.24. The highest BCUT2D eigenvalue weighted by atomic mass is 16.3. The molecule has 4 nitrogen and oxygen atoms in total. The average molecular weight is 210 g/mol. The van der Waals surface area contributed by atoms with Crippen LogP contribution >= 0.6 is 0 Å². The van der Waals surface area contributed by atoms with Gasteiger partial charge >= 0.3 is 0 Å². The molecule has 0 radical (unpaired) electrons. The summed E-state index contributed by atoms with van der Waals surface area (Å²) >= 11 is 0. The molecule has 1 aromatic heterocycles. The summed E-state index contributed by atoms with van der Waals surface area (Å²) in [6.07, 6.45) is 1.62. The summed E-state index contributed by atoms with van der Waals surface area (Å²) in [7, 11) is 1.81. The van der Waals surface area contributed by atoms with E-state index >= 15 is 0 Å². The molecule has 4 heteroatoms. The number of nitrogens with one attached hydrogen (secondary N) is 1. The molecule has 0 bridgehead atoms. The number of likely N-dealkylation sites (N-methyl/N-ethyl adjacent to an activating group) is 1. The summed E-state index contributed by atoms with van der Waals surface area (Å²) in [4.78, 5) is 13.3. The van der Waals surface area contributed by atoms with Crippen molar-refractivity contribution in [3.63, 3.8) is 0 Å². The number of hydrogen-bond donors (Lipinski definition) is 1. The minimum absolute atomic E-state index is 0.0940. The number of nitrogens with zero attached hydrogens (tertiary/aromatic N) is 1. The maximum Gasteiger partial charge on any atom is 0.236 e. The van der Waals surface area contributed by atoms with E-state index in [0.717, 1.165) is 5.76 Å². The van der Waals surface area contributed by atoms with E-state index in [1.165, 1.54) is 0 Å². The molecule has 0 aliphatic rings. The Hall–Kier alpha value is -1.29. The Labute approximate surface area is 90.3 Å². The molecular weight excluding hydrogens is 192 g/mol. The summed E-state index contributed by atoms with van der Waals surface area (Å²) in [5, 5.41) is 3.04. The normalized spacial score (nSPS) is 10.7. The van der Waals surface area contributed by atoms with Gasteiger partial charge in [-0.05, 0) is 26.0 Å². The molecule has 1 aromatic rings. The van der Waals surface area contributed by atoms with E-state index in [9.17, 15) is 4.79 Å². The largest absolute Gasteiger partial charge is 0.468 e. The Bertz CT molecular complexity index is 294. The summed E-state index contributed by atoms with van der Waals surface area (Å²) in [6, 6.07) is 3.95. The van der Waals surface area contributed by atoms with Crippen molar-refractivity contribution in [1.29, 1.82) is 0 Å². The molecular formula is C11H18N2O2. The van der Waals surface area contributed by atoms with Crippen molar-refractivity contribution in [3.05, 3.63) is 24.2 Å². The number of furan rings is 1. The van der Waals surface area contributed by atoms with Gasteiger partial charge in [0.05, 0.1) is 19.4 Å². The molecule has 0 spiro atoms. The minimum atomic E-state index is 0.0940. The van der Waals surface area contributed by atoms with Crippen LogP contribution in [-0.2, 0) is 11.3 Å². The molecule has 0 unspecified atom stereocenters. The van der Waals surface area contributed by atoms with Gasteiger partial charge in [0.2, 0.25) is 5.91 Å². The fourth-order valence-corrected chi connectivity index (χ4v) is 1.12. The van der Waals surface area contributed by atoms with Crippen LogP contribution in [0.4, 0.5) is 0 Å². The third-order valence-corrected chi connectivity index (χ3v) is 2.32. The summed E-state index contributed by atoms with van der Waals surface area (Å²) < 4.78 is 5.14. The maximum atomic E-state index is 11.5. The number of amides is 1. The zero-order valence-electron chi connectivity index (χ0n) is 9.49. The highest BCUT2D eigenvalue weighted by Gasteiger charge is 2.10. The van der Waals surface area contributed by atoms with Crippen molar-refractivity contribution >= 4 is 5.91 Å². The molecule has 84 valence electrons. The molecule has 0 aromatic carbocycles. The van der Waals surface area contributed by atoms with E-state index in [0.29, 0.717) is 13.1 Å². The number of carbonyl (C=O) groups excluding carboxylic acids is 1. The van der Waals surface area contributed by atoms with Crippen LogP contribution in [0, 0.1) is 0 Å². The maximum absolute atomic E-state index is 11.5. The zero-order chi connectivity index (χ0) is 11.3. The molecule has 0 aliphatic carbocycles. The van der Waals surface area contributed by atoms with Crippen LogP contribution in [0.2, 0.25) is 0 Å². The lowest BCUT2D eigenvalue weighted by atomic mass is 10.3. The van der Waals surface area contributed by atoms with E-state index < -0.39 is 0 Å². The second-order valence-corrected chi connectivity index (χ2v) is 3.78. The van der Waals surface area contributed by atoms with Gasteiger partial charge in [0.1, 0.15) is 5.76 Å². The second kappa shape index (κ2) is 5.56. The standard InChI is InChI=1S/C11H18N2O2/c1-9(2)13(3)11(14)8-12-7-10-5-4-6-15-10/h4-6,9,12H,7-8H2,1-3H3. The molecule has 0 atom stereocenters. The first-order valence-corrected chi connectivity index (χ1v) is 5.10. The average Bonchev–Trinajstić information content (AvgIpc) is 2.69. The monoisotopic (exact) mass is 210 g/mol. The van der Waals surface area contributed by atoms with E-state index in [2.05, 4.69) is 5.32 Å². The van der Waals surface area contributed by atoms with Gasteiger partial charge in [-0.2, -0.15) is 0 Å². The first-order chi connectivity index (χ1) is 7.11. The number of hydrogen-bond acceptors (Lipinski definition) is 3. The minimum Gasteiger partial charge on any atom is -0.468 e.